The molecule has 48 heavy (non-hydrogen) atoms. The fourth-order valence-corrected chi connectivity index (χ4v) is 6.51. The van der Waals surface area contributed by atoms with E-state index in [9.17, 15) is 19.8 Å². The lowest BCUT2D eigenvalue weighted by Crippen LogP contribution is -2.47. The highest BCUT2D eigenvalue weighted by Crippen LogP contribution is 2.31. The minimum atomic E-state index is -0.877. The Hall–Kier alpha value is -2.54. The molecule has 0 aliphatic carbocycles. The summed E-state index contributed by atoms with van der Waals surface area (Å²) in [5.74, 6) is -1.99. The summed E-state index contributed by atoms with van der Waals surface area (Å²) in [7, 11) is 3.12. The van der Waals surface area contributed by atoms with Gasteiger partial charge in [-0.1, -0.05) is 90.2 Å². The predicted molar refractivity (Wildman–Crippen MR) is 185 cm³/mol. The molecule has 276 valence electrons. The number of rotatable bonds is 22. The molecule has 13 atom stereocenters. The molecule has 11 nitrogen and oxygen atoms in total. The Morgan fingerprint density at radius 1 is 0.979 bits per heavy atom. The van der Waals surface area contributed by atoms with E-state index in [2.05, 4.69) is 19.6 Å². The molecular weight excluding hydrogens is 618 g/mol. The van der Waals surface area contributed by atoms with Crippen LogP contribution in [0.4, 0.5) is 4.79 Å². The molecule has 1 rings (SSSR count). The molecule has 0 aromatic carbocycles. The fourth-order valence-electron chi connectivity index (χ4n) is 6.51. The highest BCUT2D eigenvalue weighted by atomic mass is 16.7. The molecule has 1 aliphatic heterocycles. The normalized spacial score (nSPS) is 26.2. The summed E-state index contributed by atoms with van der Waals surface area (Å²) in [6.45, 7) is 19.3. The zero-order chi connectivity index (χ0) is 36.6. The van der Waals surface area contributed by atoms with Gasteiger partial charge in [-0.25, -0.2) is 4.79 Å². The van der Waals surface area contributed by atoms with Gasteiger partial charge in [-0.3, -0.25) is 4.79 Å². The number of hydrogen-bond donors (Lipinski definition) is 3. The maximum atomic E-state index is 12.3. The van der Waals surface area contributed by atoms with Gasteiger partial charge in [0.25, 0.3) is 0 Å². The van der Waals surface area contributed by atoms with E-state index in [1.54, 1.807) is 33.3 Å². The SMILES string of the molecule is C=C/C=C\[C@H](C)[C@H](OC(N)=O)[C@@H](C)[C@H](O)[C@@H](C)C/C(C)=C\[C@H](C)[C@@H](OCOC)[C@@H](C)/C=C\[C@H](C[C@@H]1OC(=O)[C@H](C)[C@@H](O)[C@H]1C)OCOC. The Labute approximate surface area is 288 Å². The molecule has 1 amide bonds. The van der Waals surface area contributed by atoms with Crippen molar-refractivity contribution in [1.82, 2.24) is 0 Å². The number of cyclic esters (lactones) is 1. The number of ether oxygens (including phenoxy) is 6. The predicted octanol–water partition coefficient (Wildman–Crippen LogP) is 5.55. The molecule has 4 N–H and O–H groups in total. The molecule has 1 saturated heterocycles. The summed E-state index contributed by atoms with van der Waals surface area (Å²) in [5.41, 5.74) is 6.44. The van der Waals surface area contributed by atoms with E-state index in [4.69, 9.17) is 34.2 Å². The topological polar surface area (TPSA) is 156 Å². The van der Waals surface area contributed by atoms with Gasteiger partial charge in [-0.05, 0) is 26.2 Å². The van der Waals surface area contributed by atoms with Crippen LogP contribution in [-0.2, 0) is 33.2 Å². The lowest BCUT2D eigenvalue weighted by Gasteiger charge is -2.37. The van der Waals surface area contributed by atoms with Crippen molar-refractivity contribution < 1.29 is 48.2 Å². The van der Waals surface area contributed by atoms with E-state index < -0.39 is 48.5 Å². The second-order valence-electron chi connectivity index (χ2n) is 13.5. The second-order valence-corrected chi connectivity index (χ2v) is 13.5. The first-order chi connectivity index (χ1) is 22.6. The lowest BCUT2D eigenvalue weighted by atomic mass is 9.81. The van der Waals surface area contributed by atoms with Gasteiger partial charge in [0.2, 0.25) is 0 Å². The third-order valence-electron chi connectivity index (χ3n) is 9.34. The van der Waals surface area contributed by atoms with Crippen LogP contribution in [0, 0.1) is 41.4 Å². The summed E-state index contributed by atoms with van der Waals surface area (Å²) in [6, 6.07) is 0. The molecule has 0 bridgehead atoms. The van der Waals surface area contributed by atoms with Crippen molar-refractivity contribution >= 4 is 12.1 Å². The Kier molecular flexibility index (Phi) is 20.1. The standard InChI is InChI=1S/C37H63NO10/c1-12-13-14-23(3)35(48-37(38)42)28(8)32(39)25(5)17-22(2)18-26(6)34(46-21-44-11)24(4)15-16-30(45-20-43-10)19-31-27(7)33(40)29(9)36(41)47-31/h12-16,18,23-35,39-40H,1,17,19-21H2,2-11H3,(H2,38,42)/b14-13-,16-15-,22-18-/t23-,24-,25-,26-,27-,28-,29+,30+,31-,32+,33-,34-,35-/m0/s1. The Morgan fingerprint density at radius 2 is 1.58 bits per heavy atom. The smallest absolute Gasteiger partial charge is 0.404 e. The largest absolute Gasteiger partial charge is 0.462 e. The summed E-state index contributed by atoms with van der Waals surface area (Å²) in [4.78, 5) is 23.9. The second kappa shape index (κ2) is 22.2. The Morgan fingerprint density at radius 3 is 2.17 bits per heavy atom. The quantitative estimate of drug-likeness (QED) is 0.0573. The minimum absolute atomic E-state index is 0.0223. The highest BCUT2D eigenvalue weighted by molar-refractivity contribution is 5.73. The number of allylic oxidation sites excluding steroid dienone is 3. The molecule has 1 heterocycles. The lowest BCUT2D eigenvalue weighted by molar-refractivity contribution is -0.181. The Bertz CT molecular complexity index is 1060. The number of aliphatic hydroxyl groups is 2. The molecule has 0 spiro atoms. The number of hydrogen-bond acceptors (Lipinski definition) is 10. The Balaban J connectivity index is 3.07. The average Bonchev–Trinajstić information content (AvgIpc) is 3.04. The number of carbonyl (C=O) groups is 2. The zero-order valence-corrected chi connectivity index (χ0v) is 30.7. The van der Waals surface area contributed by atoms with Crippen LogP contribution < -0.4 is 5.73 Å². The zero-order valence-electron chi connectivity index (χ0n) is 30.7. The molecule has 0 radical (unpaired) electrons. The first-order valence-corrected chi connectivity index (χ1v) is 17.0. The van der Waals surface area contributed by atoms with Gasteiger partial charge in [0.15, 0.2) is 0 Å². The number of aliphatic hydroxyl groups excluding tert-OH is 2. The fraction of sp³-hybridized carbons (Fsp3) is 0.730. The molecule has 1 fully saturated rings. The number of primary amides is 1. The van der Waals surface area contributed by atoms with Crippen molar-refractivity contribution in [3.05, 3.63) is 48.6 Å². The molecule has 0 saturated carbocycles. The molecule has 0 aromatic rings. The van der Waals surface area contributed by atoms with E-state index in [1.165, 1.54) is 0 Å². The molecule has 0 aromatic heterocycles. The summed E-state index contributed by atoms with van der Waals surface area (Å²) in [6.07, 6.45) is 8.19. The summed E-state index contributed by atoms with van der Waals surface area (Å²) >= 11 is 0. The van der Waals surface area contributed by atoms with Gasteiger partial charge in [0.05, 0.1) is 30.3 Å². The third-order valence-corrected chi connectivity index (χ3v) is 9.34. The van der Waals surface area contributed by atoms with E-state index in [-0.39, 0.29) is 55.2 Å². The minimum Gasteiger partial charge on any atom is -0.462 e. The van der Waals surface area contributed by atoms with Crippen molar-refractivity contribution in [2.24, 2.45) is 47.2 Å². The van der Waals surface area contributed by atoms with Crippen molar-refractivity contribution in [1.29, 1.82) is 0 Å². The van der Waals surface area contributed by atoms with Gasteiger partial charge in [0, 0.05) is 50.2 Å². The van der Waals surface area contributed by atoms with E-state index in [1.807, 2.05) is 59.8 Å². The van der Waals surface area contributed by atoms with Crippen LogP contribution in [0.15, 0.2) is 48.6 Å². The molecule has 1 aliphatic rings. The average molecular weight is 682 g/mol. The van der Waals surface area contributed by atoms with Crippen molar-refractivity contribution in [2.75, 3.05) is 27.8 Å². The van der Waals surface area contributed by atoms with E-state index in [0.29, 0.717) is 12.8 Å². The van der Waals surface area contributed by atoms with Gasteiger partial charge in [-0.15, -0.1) is 0 Å². The van der Waals surface area contributed by atoms with E-state index in [0.717, 1.165) is 5.57 Å². The molecule has 11 heteroatoms. The summed E-state index contributed by atoms with van der Waals surface area (Å²) < 4.78 is 33.5. The third kappa shape index (κ3) is 14.1. The van der Waals surface area contributed by atoms with Gasteiger partial charge >= 0.3 is 12.1 Å². The van der Waals surface area contributed by atoms with Crippen LogP contribution in [-0.4, -0.2) is 86.7 Å². The molecule has 0 unspecified atom stereocenters. The first-order valence-electron chi connectivity index (χ1n) is 17.0. The van der Waals surface area contributed by atoms with E-state index >= 15 is 0 Å². The first kappa shape index (κ1) is 43.5. The van der Waals surface area contributed by atoms with Crippen LogP contribution in [0.1, 0.15) is 68.2 Å². The maximum Gasteiger partial charge on any atom is 0.404 e. The number of methoxy groups -OCH3 is 2. The number of nitrogens with two attached hydrogens (primary N) is 1. The summed E-state index contributed by atoms with van der Waals surface area (Å²) in [5, 5.41) is 21.8. The number of amides is 1. The maximum absolute atomic E-state index is 12.3. The molecular formula is C37H63NO10. The van der Waals surface area contributed by atoms with Crippen molar-refractivity contribution in [2.45, 2.75) is 105 Å². The van der Waals surface area contributed by atoms with Crippen LogP contribution >= 0.6 is 0 Å². The van der Waals surface area contributed by atoms with Crippen molar-refractivity contribution in [3.63, 3.8) is 0 Å². The monoisotopic (exact) mass is 681 g/mol. The number of carbonyl (C=O) groups excluding carboxylic acids is 2. The van der Waals surface area contributed by atoms with Crippen LogP contribution in [0.5, 0.6) is 0 Å². The number of esters is 1. The van der Waals surface area contributed by atoms with Crippen LogP contribution in [0.25, 0.3) is 0 Å². The highest BCUT2D eigenvalue weighted by Gasteiger charge is 2.41. The van der Waals surface area contributed by atoms with Gasteiger partial charge < -0.3 is 44.4 Å². The van der Waals surface area contributed by atoms with Crippen molar-refractivity contribution in [3.8, 4) is 0 Å². The van der Waals surface area contributed by atoms with Crippen LogP contribution in [0.3, 0.4) is 0 Å². The van der Waals surface area contributed by atoms with Gasteiger partial charge in [-0.2, -0.15) is 0 Å². The van der Waals surface area contributed by atoms with Gasteiger partial charge in [0.1, 0.15) is 25.8 Å². The van der Waals surface area contributed by atoms with Crippen LogP contribution in [0.2, 0.25) is 0 Å².